The number of carbonyl (C=O) groups excluding carboxylic acids is 1. The standard InChI is InChI=1S/C13H17N5O2/c14-7-11-8-15-18(9-11)12-1-2-17(10-12)13(19)16-3-5-20-6-4-16/h8-9,12H,1-6,10H2. The van der Waals surface area contributed by atoms with Crippen molar-refractivity contribution in [3.8, 4) is 6.07 Å². The van der Waals surface area contributed by atoms with E-state index in [4.69, 9.17) is 10.00 Å². The molecule has 1 unspecified atom stereocenters. The number of morpholine rings is 1. The Labute approximate surface area is 117 Å². The van der Waals surface area contributed by atoms with Gasteiger partial charge in [0, 0.05) is 32.4 Å². The Kier molecular flexibility index (Phi) is 3.56. The zero-order valence-corrected chi connectivity index (χ0v) is 11.2. The fourth-order valence-corrected chi connectivity index (χ4v) is 2.68. The lowest BCUT2D eigenvalue weighted by Gasteiger charge is -2.30. The van der Waals surface area contributed by atoms with Crippen LogP contribution in [0.1, 0.15) is 18.0 Å². The third kappa shape index (κ3) is 2.47. The predicted octanol–water partition coefficient (Wildman–Crippen LogP) is 0.454. The van der Waals surface area contributed by atoms with E-state index in [2.05, 4.69) is 11.2 Å². The summed E-state index contributed by atoms with van der Waals surface area (Å²) in [5.74, 6) is 0. The van der Waals surface area contributed by atoms with Gasteiger partial charge in [0.2, 0.25) is 0 Å². The van der Waals surface area contributed by atoms with Crippen molar-refractivity contribution in [2.75, 3.05) is 39.4 Å². The van der Waals surface area contributed by atoms with Crippen molar-refractivity contribution in [2.45, 2.75) is 12.5 Å². The monoisotopic (exact) mass is 275 g/mol. The van der Waals surface area contributed by atoms with E-state index in [0.717, 1.165) is 13.0 Å². The SMILES string of the molecule is N#Cc1cnn(C2CCN(C(=O)N3CCOCC3)C2)c1. The van der Waals surface area contributed by atoms with Crippen LogP contribution in [-0.2, 0) is 4.74 Å². The summed E-state index contributed by atoms with van der Waals surface area (Å²) in [4.78, 5) is 16.1. The minimum atomic E-state index is 0.0865. The highest BCUT2D eigenvalue weighted by Crippen LogP contribution is 2.22. The van der Waals surface area contributed by atoms with Crippen molar-refractivity contribution in [1.29, 1.82) is 5.26 Å². The van der Waals surface area contributed by atoms with Gasteiger partial charge in [-0.25, -0.2) is 4.79 Å². The number of likely N-dealkylation sites (tertiary alicyclic amines) is 1. The van der Waals surface area contributed by atoms with Crippen LogP contribution >= 0.6 is 0 Å². The summed E-state index contributed by atoms with van der Waals surface area (Å²) in [6.07, 6.45) is 4.18. The third-order valence-corrected chi connectivity index (χ3v) is 3.82. The first kappa shape index (κ1) is 12.9. The molecule has 1 aromatic heterocycles. The van der Waals surface area contributed by atoms with Crippen LogP contribution in [0.3, 0.4) is 0 Å². The summed E-state index contributed by atoms with van der Waals surface area (Å²) in [5.41, 5.74) is 0.558. The van der Waals surface area contributed by atoms with Gasteiger partial charge in [-0.15, -0.1) is 0 Å². The molecule has 2 fully saturated rings. The molecule has 3 rings (SSSR count). The first-order valence-corrected chi connectivity index (χ1v) is 6.84. The lowest BCUT2D eigenvalue weighted by Crippen LogP contribution is -2.47. The average Bonchev–Trinajstić information content (AvgIpc) is 3.16. The molecule has 7 nitrogen and oxygen atoms in total. The molecule has 0 aliphatic carbocycles. The highest BCUT2D eigenvalue weighted by Gasteiger charge is 2.31. The van der Waals surface area contributed by atoms with Gasteiger partial charge in [-0.05, 0) is 6.42 Å². The molecule has 0 aromatic carbocycles. The quantitative estimate of drug-likeness (QED) is 0.746. The number of carbonyl (C=O) groups is 1. The van der Waals surface area contributed by atoms with E-state index in [1.165, 1.54) is 0 Å². The van der Waals surface area contributed by atoms with Crippen molar-refractivity contribution in [2.24, 2.45) is 0 Å². The smallest absolute Gasteiger partial charge is 0.320 e. The Morgan fingerprint density at radius 3 is 2.85 bits per heavy atom. The Morgan fingerprint density at radius 2 is 2.15 bits per heavy atom. The zero-order chi connectivity index (χ0) is 13.9. The van der Waals surface area contributed by atoms with Crippen LogP contribution in [0.2, 0.25) is 0 Å². The summed E-state index contributed by atoms with van der Waals surface area (Å²) in [7, 11) is 0. The number of rotatable bonds is 1. The summed E-state index contributed by atoms with van der Waals surface area (Å²) < 4.78 is 7.06. The van der Waals surface area contributed by atoms with Gasteiger partial charge in [-0.2, -0.15) is 10.4 Å². The summed E-state index contributed by atoms with van der Waals surface area (Å²) in [6, 6.07) is 2.33. The Bertz CT molecular complexity index is 529. The first-order chi connectivity index (χ1) is 9.78. The van der Waals surface area contributed by atoms with Crippen LogP contribution in [-0.4, -0.2) is 65.0 Å². The molecular weight excluding hydrogens is 258 g/mol. The van der Waals surface area contributed by atoms with Crippen LogP contribution in [0.4, 0.5) is 4.79 Å². The first-order valence-electron chi connectivity index (χ1n) is 6.84. The Hall–Kier alpha value is -2.07. The largest absolute Gasteiger partial charge is 0.378 e. The molecule has 2 aliphatic rings. The van der Waals surface area contributed by atoms with E-state index in [1.54, 1.807) is 17.1 Å². The number of nitriles is 1. The molecular formula is C13H17N5O2. The van der Waals surface area contributed by atoms with Gasteiger partial charge in [-0.1, -0.05) is 0 Å². The predicted molar refractivity (Wildman–Crippen MR) is 70.0 cm³/mol. The molecule has 1 atom stereocenters. The summed E-state index contributed by atoms with van der Waals surface area (Å²) >= 11 is 0. The van der Waals surface area contributed by atoms with Crippen LogP contribution in [0.25, 0.3) is 0 Å². The Morgan fingerprint density at radius 1 is 1.35 bits per heavy atom. The number of nitrogens with zero attached hydrogens (tertiary/aromatic N) is 5. The maximum absolute atomic E-state index is 12.4. The second kappa shape index (κ2) is 5.51. The number of urea groups is 1. The number of amides is 2. The highest BCUT2D eigenvalue weighted by atomic mass is 16.5. The van der Waals surface area contributed by atoms with Gasteiger partial charge >= 0.3 is 6.03 Å². The summed E-state index contributed by atoms with van der Waals surface area (Å²) in [5, 5.41) is 13.0. The Balaban J connectivity index is 1.61. The van der Waals surface area contributed by atoms with E-state index >= 15 is 0 Å². The maximum Gasteiger partial charge on any atom is 0.320 e. The summed E-state index contributed by atoms with van der Waals surface area (Å²) in [6.45, 7) is 3.97. The zero-order valence-electron chi connectivity index (χ0n) is 11.2. The van der Waals surface area contributed by atoms with Gasteiger partial charge in [0.1, 0.15) is 6.07 Å². The van der Waals surface area contributed by atoms with Gasteiger partial charge in [0.25, 0.3) is 0 Å². The molecule has 0 saturated carbocycles. The highest BCUT2D eigenvalue weighted by molar-refractivity contribution is 5.74. The lowest BCUT2D eigenvalue weighted by molar-refractivity contribution is 0.0449. The fourth-order valence-electron chi connectivity index (χ4n) is 2.68. The van der Waals surface area contributed by atoms with Crippen LogP contribution in [0.15, 0.2) is 12.4 Å². The van der Waals surface area contributed by atoms with E-state index in [1.807, 2.05) is 9.80 Å². The molecule has 2 saturated heterocycles. The van der Waals surface area contributed by atoms with Crippen molar-refractivity contribution in [3.05, 3.63) is 18.0 Å². The van der Waals surface area contributed by atoms with Gasteiger partial charge in [0.05, 0.1) is 31.0 Å². The normalized spacial score (nSPS) is 22.9. The molecule has 106 valence electrons. The molecule has 0 bridgehead atoms. The van der Waals surface area contributed by atoms with Gasteiger partial charge < -0.3 is 14.5 Å². The van der Waals surface area contributed by atoms with E-state index in [-0.39, 0.29) is 12.1 Å². The molecule has 7 heteroatoms. The molecule has 0 radical (unpaired) electrons. The maximum atomic E-state index is 12.4. The van der Waals surface area contributed by atoms with E-state index in [9.17, 15) is 4.79 Å². The number of hydrogen-bond acceptors (Lipinski definition) is 4. The molecule has 20 heavy (non-hydrogen) atoms. The second-order valence-corrected chi connectivity index (χ2v) is 5.09. The average molecular weight is 275 g/mol. The fraction of sp³-hybridized carbons (Fsp3) is 0.615. The minimum Gasteiger partial charge on any atom is -0.378 e. The van der Waals surface area contributed by atoms with Crippen molar-refractivity contribution >= 4 is 6.03 Å². The molecule has 1 aromatic rings. The van der Waals surface area contributed by atoms with Crippen molar-refractivity contribution in [3.63, 3.8) is 0 Å². The van der Waals surface area contributed by atoms with Crippen LogP contribution in [0, 0.1) is 11.3 Å². The minimum absolute atomic E-state index is 0.0865. The van der Waals surface area contributed by atoms with Gasteiger partial charge in [0.15, 0.2) is 0 Å². The number of hydrogen-bond donors (Lipinski definition) is 0. The third-order valence-electron chi connectivity index (χ3n) is 3.82. The van der Waals surface area contributed by atoms with E-state index in [0.29, 0.717) is 38.4 Å². The number of aromatic nitrogens is 2. The lowest BCUT2D eigenvalue weighted by atomic mass is 10.3. The molecule has 2 aliphatic heterocycles. The topological polar surface area (TPSA) is 74.4 Å². The van der Waals surface area contributed by atoms with Crippen molar-refractivity contribution < 1.29 is 9.53 Å². The molecule has 3 heterocycles. The van der Waals surface area contributed by atoms with Crippen molar-refractivity contribution in [1.82, 2.24) is 19.6 Å². The van der Waals surface area contributed by atoms with Crippen LogP contribution < -0.4 is 0 Å². The molecule has 2 amide bonds. The van der Waals surface area contributed by atoms with E-state index < -0.39 is 0 Å². The molecule has 0 spiro atoms. The number of ether oxygens (including phenoxy) is 1. The second-order valence-electron chi connectivity index (χ2n) is 5.09. The molecule has 0 N–H and O–H groups in total. The van der Waals surface area contributed by atoms with Crippen LogP contribution in [0.5, 0.6) is 0 Å². The van der Waals surface area contributed by atoms with Gasteiger partial charge in [-0.3, -0.25) is 4.68 Å².